The number of methoxy groups -OCH3 is 2. The van der Waals surface area contributed by atoms with Crippen LogP contribution in [0.15, 0.2) is 36.4 Å². The summed E-state index contributed by atoms with van der Waals surface area (Å²) in [6, 6.07) is 11.3. The second kappa shape index (κ2) is 9.25. The first kappa shape index (κ1) is 19.8. The molecule has 0 radical (unpaired) electrons. The van der Waals surface area contributed by atoms with Crippen LogP contribution in [0.2, 0.25) is 0 Å². The lowest BCUT2D eigenvalue weighted by Gasteiger charge is -2.18. The van der Waals surface area contributed by atoms with Crippen molar-refractivity contribution >= 4 is 5.91 Å². The predicted molar refractivity (Wildman–Crippen MR) is 102 cm³/mol. The quantitative estimate of drug-likeness (QED) is 0.730. The average molecular weight is 357 g/mol. The van der Waals surface area contributed by atoms with Crippen molar-refractivity contribution in [3.8, 4) is 11.5 Å². The van der Waals surface area contributed by atoms with Gasteiger partial charge >= 0.3 is 0 Å². The Morgan fingerprint density at radius 1 is 1.04 bits per heavy atom. The number of carbonyl (C=O) groups is 1. The maximum atomic E-state index is 12.6. The van der Waals surface area contributed by atoms with Crippen LogP contribution in [0.1, 0.15) is 40.0 Å². The van der Waals surface area contributed by atoms with E-state index in [0.29, 0.717) is 30.3 Å². The zero-order valence-electron chi connectivity index (χ0n) is 16.1. The molecule has 0 spiro atoms. The maximum absolute atomic E-state index is 12.6. The van der Waals surface area contributed by atoms with Crippen LogP contribution in [0.3, 0.4) is 0 Å². The lowest BCUT2D eigenvalue weighted by atomic mass is 10.0. The number of hydrogen-bond acceptors (Lipinski definition) is 4. The van der Waals surface area contributed by atoms with Gasteiger partial charge in [-0.3, -0.25) is 4.79 Å². The molecule has 0 bridgehead atoms. The molecule has 26 heavy (non-hydrogen) atoms. The fraction of sp³-hybridized carbons (Fsp3) is 0.381. The predicted octanol–water partition coefficient (Wildman–Crippen LogP) is 3.83. The molecular formula is C21H27NO4. The minimum absolute atomic E-state index is 0.0885. The summed E-state index contributed by atoms with van der Waals surface area (Å²) in [7, 11) is 3.23. The second-order valence-corrected chi connectivity index (χ2v) is 6.27. The van der Waals surface area contributed by atoms with Crippen molar-refractivity contribution in [3.63, 3.8) is 0 Å². The number of aryl methyl sites for hydroxylation is 2. The molecule has 1 unspecified atom stereocenters. The molecule has 0 aromatic heterocycles. The van der Waals surface area contributed by atoms with Gasteiger partial charge in [0.15, 0.2) is 11.5 Å². The summed E-state index contributed by atoms with van der Waals surface area (Å²) in [6.45, 7) is 6.86. The summed E-state index contributed by atoms with van der Waals surface area (Å²) in [4.78, 5) is 12.6. The Balaban J connectivity index is 2.10. The molecule has 0 saturated carbocycles. The lowest BCUT2D eigenvalue weighted by Crippen LogP contribution is -2.27. The maximum Gasteiger partial charge on any atom is 0.252 e. The first-order valence-electron chi connectivity index (χ1n) is 8.64. The highest BCUT2D eigenvalue weighted by Gasteiger charge is 2.15. The number of rotatable bonds is 8. The van der Waals surface area contributed by atoms with Gasteiger partial charge in [0, 0.05) is 12.7 Å². The Morgan fingerprint density at radius 2 is 1.81 bits per heavy atom. The first-order valence-corrected chi connectivity index (χ1v) is 8.64. The Kier molecular flexibility index (Phi) is 7.04. The zero-order chi connectivity index (χ0) is 19.1. The molecule has 2 rings (SSSR count). The van der Waals surface area contributed by atoms with E-state index in [0.717, 1.165) is 16.7 Å². The molecule has 2 aromatic carbocycles. The molecule has 0 aliphatic rings. The van der Waals surface area contributed by atoms with Gasteiger partial charge in [0.1, 0.15) is 6.61 Å². The van der Waals surface area contributed by atoms with Crippen LogP contribution in [0.25, 0.3) is 0 Å². The Bertz CT molecular complexity index is 758. The summed E-state index contributed by atoms with van der Waals surface area (Å²) >= 11 is 0. The fourth-order valence-corrected chi connectivity index (χ4v) is 2.73. The topological polar surface area (TPSA) is 56.8 Å². The van der Waals surface area contributed by atoms with Gasteiger partial charge in [0.25, 0.3) is 5.91 Å². The molecule has 2 aromatic rings. The molecule has 140 valence electrons. The zero-order valence-corrected chi connectivity index (χ0v) is 16.1. The molecule has 0 aliphatic heterocycles. The van der Waals surface area contributed by atoms with Crippen LogP contribution in [0.5, 0.6) is 11.5 Å². The van der Waals surface area contributed by atoms with Crippen molar-refractivity contribution in [2.24, 2.45) is 0 Å². The summed E-state index contributed by atoms with van der Waals surface area (Å²) < 4.78 is 16.0. The van der Waals surface area contributed by atoms with Crippen molar-refractivity contribution in [1.82, 2.24) is 5.32 Å². The molecule has 1 N–H and O–H groups in total. The molecule has 5 heteroatoms. The summed E-state index contributed by atoms with van der Waals surface area (Å²) in [5.74, 6) is 1.20. The van der Waals surface area contributed by atoms with E-state index in [1.54, 1.807) is 14.2 Å². The molecule has 0 saturated heterocycles. The first-order chi connectivity index (χ1) is 12.5. The van der Waals surface area contributed by atoms with Crippen LogP contribution in [-0.2, 0) is 4.74 Å². The number of carbonyl (C=O) groups excluding carboxylic acids is 1. The summed E-state index contributed by atoms with van der Waals surface area (Å²) in [5.41, 5.74) is 3.74. The number of nitrogens with one attached hydrogen (secondary N) is 1. The van der Waals surface area contributed by atoms with E-state index in [9.17, 15) is 4.79 Å². The second-order valence-electron chi connectivity index (χ2n) is 6.27. The Morgan fingerprint density at radius 3 is 2.46 bits per heavy atom. The van der Waals surface area contributed by atoms with Crippen LogP contribution in [0.4, 0.5) is 0 Å². The Labute approximate surface area is 155 Å². The third-order valence-electron chi connectivity index (χ3n) is 4.21. The van der Waals surface area contributed by atoms with Crippen molar-refractivity contribution in [1.29, 1.82) is 0 Å². The van der Waals surface area contributed by atoms with Crippen molar-refractivity contribution in [2.75, 3.05) is 27.4 Å². The van der Waals surface area contributed by atoms with Gasteiger partial charge in [-0.2, -0.15) is 0 Å². The molecule has 0 fully saturated rings. The minimum Gasteiger partial charge on any atom is -0.493 e. The molecule has 0 heterocycles. The highest BCUT2D eigenvalue weighted by Crippen LogP contribution is 2.30. The molecular weight excluding hydrogens is 330 g/mol. The molecule has 1 atom stereocenters. The lowest BCUT2D eigenvalue weighted by molar-refractivity contribution is 0.0939. The SMILES string of the molecule is COCCOc1ccc(C(C)NC(=O)c2ccc(C)cc2C)cc1OC. The van der Waals surface area contributed by atoms with Gasteiger partial charge < -0.3 is 19.5 Å². The average Bonchev–Trinajstić information content (AvgIpc) is 2.61. The van der Waals surface area contributed by atoms with Gasteiger partial charge in [-0.25, -0.2) is 0 Å². The molecule has 0 aliphatic carbocycles. The highest BCUT2D eigenvalue weighted by atomic mass is 16.5. The van der Waals surface area contributed by atoms with E-state index < -0.39 is 0 Å². The number of benzene rings is 2. The van der Waals surface area contributed by atoms with Crippen molar-refractivity contribution in [3.05, 3.63) is 58.7 Å². The van der Waals surface area contributed by atoms with E-state index in [2.05, 4.69) is 5.32 Å². The molecule has 1 amide bonds. The van der Waals surface area contributed by atoms with E-state index in [1.807, 2.05) is 57.2 Å². The van der Waals surface area contributed by atoms with Gasteiger partial charge in [0.2, 0.25) is 0 Å². The number of amides is 1. The van der Waals surface area contributed by atoms with Gasteiger partial charge in [-0.05, 0) is 50.1 Å². The van der Waals surface area contributed by atoms with Crippen LogP contribution in [-0.4, -0.2) is 33.3 Å². The highest BCUT2D eigenvalue weighted by molar-refractivity contribution is 5.95. The minimum atomic E-state index is -0.162. The van der Waals surface area contributed by atoms with Crippen molar-refractivity contribution in [2.45, 2.75) is 26.8 Å². The third-order valence-corrected chi connectivity index (χ3v) is 4.21. The van der Waals surface area contributed by atoms with Crippen LogP contribution >= 0.6 is 0 Å². The number of ether oxygens (including phenoxy) is 3. The van der Waals surface area contributed by atoms with E-state index in [-0.39, 0.29) is 11.9 Å². The molecule has 5 nitrogen and oxygen atoms in total. The number of hydrogen-bond donors (Lipinski definition) is 1. The van der Waals surface area contributed by atoms with Crippen LogP contribution in [0, 0.1) is 13.8 Å². The summed E-state index contributed by atoms with van der Waals surface area (Å²) in [5, 5.41) is 3.04. The van der Waals surface area contributed by atoms with E-state index in [1.165, 1.54) is 0 Å². The fourth-order valence-electron chi connectivity index (χ4n) is 2.73. The smallest absolute Gasteiger partial charge is 0.252 e. The normalized spacial score (nSPS) is 11.7. The van der Waals surface area contributed by atoms with Crippen molar-refractivity contribution < 1.29 is 19.0 Å². The largest absolute Gasteiger partial charge is 0.493 e. The monoisotopic (exact) mass is 357 g/mol. The van der Waals surface area contributed by atoms with E-state index in [4.69, 9.17) is 14.2 Å². The Hall–Kier alpha value is -2.53. The van der Waals surface area contributed by atoms with Crippen LogP contribution < -0.4 is 14.8 Å². The van der Waals surface area contributed by atoms with Gasteiger partial charge in [0.05, 0.1) is 19.8 Å². The van der Waals surface area contributed by atoms with Gasteiger partial charge in [-0.15, -0.1) is 0 Å². The third kappa shape index (κ3) is 4.99. The summed E-state index contributed by atoms with van der Waals surface area (Å²) in [6.07, 6.45) is 0. The van der Waals surface area contributed by atoms with E-state index >= 15 is 0 Å². The standard InChI is InChI=1S/C21H27NO4/c1-14-6-8-18(15(2)12-14)21(23)22-16(3)17-7-9-19(20(13-17)25-5)26-11-10-24-4/h6-9,12-13,16H,10-11H2,1-5H3,(H,22,23). The van der Waals surface area contributed by atoms with Gasteiger partial charge in [-0.1, -0.05) is 23.8 Å².